The molecule has 2 heterocycles. The number of aromatic nitrogens is 1. The van der Waals surface area contributed by atoms with Crippen LogP contribution in [-0.2, 0) is 6.42 Å². The molecule has 0 aliphatic carbocycles. The molecule has 0 aromatic carbocycles. The fourth-order valence-corrected chi connectivity index (χ4v) is 2.46. The van der Waals surface area contributed by atoms with E-state index in [0.717, 1.165) is 18.9 Å². The topological polar surface area (TPSA) is 28.2 Å². The molecule has 1 aliphatic heterocycles. The van der Waals surface area contributed by atoms with Gasteiger partial charge in [-0.15, -0.1) is 0 Å². The van der Waals surface area contributed by atoms with Crippen LogP contribution in [0.2, 0.25) is 0 Å². The van der Waals surface area contributed by atoms with Crippen molar-refractivity contribution in [1.29, 1.82) is 0 Å². The van der Waals surface area contributed by atoms with Crippen LogP contribution >= 0.6 is 0 Å². The summed E-state index contributed by atoms with van der Waals surface area (Å²) in [5.74, 6) is 0.884. The standard InChI is InChI=1S/C14H23N3/c1-17(12-14-4-8-15-9-5-14)10-6-13-3-2-7-16-11-13/h2-3,7,11,14-15H,4-6,8-10,12H2,1H3. The number of nitrogens with zero attached hydrogens (tertiary/aromatic N) is 2. The van der Waals surface area contributed by atoms with Crippen LogP contribution in [0, 0.1) is 5.92 Å². The van der Waals surface area contributed by atoms with E-state index in [9.17, 15) is 0 Å². The molecular formula is C14H23N3. The van der Waals surface area contributed by atoms with Gasteiger partial charge >= 0.3 is 0 Å². The summed E-state index contributed by atoms with van der Waals surface area (Å²) in [6, 6.07) is 4.17. The summed E-state index contributed by atoms with van der Waals surface area (Å²) in [6.45, 7) is 4.76. The molecule has 0 atom stereocenters. The van der Waals surface area contributed by atoms with Crippen LogP contribution in [0.1, 0.15) is 18.4 Å². The Bertz CT molecular complexity index is 307. The van der Waals surface area contributed by atoms with Crippen molar-refractivity contribution in [3.63, 3.8) is 0 Å². The molecule has 2 rings (SSSR count). The molecule has 94 valence electrons. The number of rotatable bonds is 5. The van der Waals surface area contributed by atoms with Crippen molar-refractivity contribution in [2.24, 2.45) is 5.92 Å². The highest BCUT2D eigenvalue weighted by Crippen LogP contribution is 2.12. The smallest absolute Gasteiger partial charge is 0.0300 e. The number of hydrogen-bond donors (Lipinski definition) is 1. The van der Waals surface area contributed by atoms with E-state index in [-0.39, 0.29) is 0 Å². The first-order valence-corrected chi connectivity index (χ1v) is 6.63. The molecule has 0 amide bonds. The Kier molecular flexibility index (Phi) is 4.95. The van der Waals surface area contributed by atoms with Gasteiger partial charge in [0.05, 0.1) is 0 Å². The molecule has 0 saturated carbocycles. The zero-order valence-corrected chi connectivity index (χ0v) is 10.7. The summed E-state index contributed by atoms with van der Waals surface area (Å²) in [7, 11) is 2.23. The molecule has 3 nitrogen and oxygen atoms in total. The van der Waals surface area contributed by atoms with Gasteiger partial charge in [0.25, 0.3) is 0 Å². The lowest BCUT2D eigenvalue weighted by atomic mass is 9.97. The summed E-state index contributed by atoms with van der Waals surface area (Å²) >= 11 is 0. The summed E-state index contributed by atoms with van der Waals surface area (Å²) in [6.07, 6.45) is 7.57. The number of piperidine rings is 1. The summed E-state index contributed by atoms with van der Waals surface area (Å²) in [4.78, 5) is 6.61. The highest BCUT2D eigenvalue weighted by atomic mass is 15.1. The second-order valence-electron chi connectivity index (χ2n) is 5.07. The maximum atomic E-state index is 4.15. The second kappa shape index (κ2) is 6.72. The molecule has 1 aromatic heterocycles. The molecule has 1 aromatic rings. The van der Waals surface area contributed by atoms with Crippen LogP contribution in [0.25, 0.3) is 0 Å². The Morgan fingerprint density at radius 3 is 2.94 bits per heavy atom. The van der Waals surface area contributed by atoms with E-state index in [1.54, 1.807) is 0 Å². The first kappa shape index (κ1) is 12.5. The molecule has 0 spiro atoms. The number of hydrogen-bond acceptors (Lipinski definition) is 3. The fraction of sp³-hybridized carbons (Fsp3) is 0.643. The molecule has 1 saturated heterocycles. The molecule has 1 aliphatic rings. The number of nitrogens with one attached hydrogen (secondary N) is 1. The molecule has 0 radical (unpaired) electrons. The third-order valence-corrected chi connectivity index (χ3v) is 3.53. The van der Waals surface area contributed by atoms with Gasteiger partial charge in [-0.05, 0) is 56.9 Å². The number of likely N-dealkylation sites (N-methyl/N-ethyl adjacent to an activating group) is 1. The first-order chi connectivity index (χ1) is 8.34. The Hall–Kier alpha value is -0.930. The Morgan fingerprint density at radius 2 is 2.24 bits per heavy atom. The Labute approximate surface area is 104 Å². The van der Waals surface area contributed by atoms with Crippen molar-refractivity contribution in [3.8, 4) is 0 Å². The van der Waals surface area contributed by atoms with Gasteiger partial charge in [-0.2, -0.15) is 0 Å². The van der Waals surface area contributed by atoms with Crippen LogP contribution in [0.15, 0.2) is 24.5 Å². The molecule has 17 heavy (non-hydrogen) atoms. The summed E-state index contributed by atoms with van der Waals surface area (Å²) in [5, 5.41) is 3.42. The van der Waals surface area contributed by atoms with Crippen molar-refractivity contribution in [2.45, 2.75) is 19.3 Å². The SMILES string of the molecule is CN(CCc1cccnc1)CC1CCNCC1. The summed E-state index contributed by atoms with van der Waals surface area (Å²) in [5.41, 5.74) is 1.34. The minimum Gasteiger partial charge on any atom is -0.317 e. The van der Waals surface area contributed by atoms with Crippen LogP contribution in [0.3, 0.4) is 0 Å². The zero-order chi connectivity index (χ0) is 11.9. The molecule has 1 fully saturated rings. The number of pyridine rings is 1. The van der Waals surface area contributed by atoms with Gasteiger partial charge in [-0.3, -0.25) is 4.98 Å². The second-order valence-corrected chi connectivity index (χ2v) is 5.07. The summed E-state index contributed by atoms with van der Waals surface area (Å²) < 4.78 is 0. The van der Waals surface area contributed by atoms with Gasteiger partial charge in [-0.1, -0.05) is 6.07 Å². The normalized spacial score (nSPS) is 17.5. The molecule has 0 unspecified atom stereocenters. The maximum absolute atomic E-state index is 4.15. The minimum atomic E-state index is 0.884. The highest BCUT2D eigenvalue weighted by Gasteiger charge is 2.14. The first-order valence-electron chi connectivity index (χ1n) is 6.63. The van der Waals surface area contributed by atoms with Gasteiger partial charge in [0.1, 0.15) is 0 Å². The average Bonchev–Trinajstić information content (AvgIpc) is 2.39. The lowest BCUT2D eigenvalue weighted by Crippen LogP contribution is -2.35. The zero-order valence-electron chi connectivity index (χ0n) is 10.7. The van der Waals surface area contributed by atoms with Gasteiger partial charge in [0.2, 0.25) is 0 Å². The molecular weight excluding hydrogens is 210 g/mol. The van der Waals surface area contributed by atoms with Gasteiger partial charge < -0.3 is 10.2 Å². The monoisotopic (exact) mass is 233 g/mol. The van der Waals surface area contributed by atoms with E-state index < -0.39 is 0 Å². The van der Waals surface area contributed by atoms with Gasteiger partial charge in [-0.25, -0.2) is 0 Å². The quantitative estimate of drug-likeness (QED) is 0.836. The van der Waals surface area contributed by atoms with Crippen molar-refractivity contribution in [1.82, 2.24) is 15.2 Å². The van der Waals surface area contributed by atoms with Crippen LogP contribution in [0.5, 0.6) is 0 Å². The Morgan fingerprint density at radius 1 is 1.41 bits per heavy atom. The third kappa shape index (κ3) is 4.44. The van der Waals surface area contributed by atoms with E-state index in [4.69, 9.17) is 0 Å². The van der Waals surface area contributed by atoms with Gasteiger partial charge in [0.15, 0.2) is 0 Å². The largest absolute Gasteiger partial charge is 0.317 e. The van der Waals surface area contributed by atoms with E-state index in [1.807, 2.05) is 18.5 Å². The minimum absolute atomic E-state index is 0.884. The average molecular weight is 233 g/mol. The van der Waals surface area contributed by atoms with Crippen molar-refractivity contribution in [3.05, 3.63) is 30.1 Å². The van der Waals surface area contributed by atoms with E-state index in [2.05, 4.69) is 28.3 Å². The Balaban J connectivity index is 1.68. The lowest BCUT2D eigenvalue weighted by Gasteiger charge is -2.27. The molecule has 0 bridgehead atoms. The third-order valence-electron chi connectivity index (χ3n) is 3.53. The van der Waals surface area contributed by atoms with E-state index in [1.165, 1.54) is 38.0 Å². The van der Waals surface area contributed by atoms with Crippen molar-refractivity contribution >= 4 is 0 Å². The van der Waals surface area contributed by atoms with E-state index in [0.29, 0.717) is 0 Å². The van der Waals surface area contributed by atoms with Crippen molar-refractivity contribution < 1.29 is 0 Å². The lowest BCUT2D eigenvalue weighted by molar-refractivity contribution is 0.242. The fourth-order valence-electron chi connectivity index (χ4n) is 2.46. The molecule has 3 heteroatoms. The predicted molar refractivity (Wildman–Crippen MR) is 71.0 cm³/mol. The highest BCUT2D eigenvalue weighted by molar-refractivity contribution is 5.08. The van der Waals surface area contributed by atoms with Crippen LogP contribution in [0.4, 0.5) is 0 Å². The van der Waals surface area contributed by atoms with Crippen molar-refractivity contribution in [2.75, 3.05) is 33.2 Å². The maximum Gasteiger partial charge on any atom is 0.0300 e. The van der Waals surface area contributed by atoms with E-state index >= 15 is 0 Å². The predicted octanol–water partition coefficient (Wildman–Crippen LogP) is 1.56. The van der Waals surface area contributed by atoms with Gasteiger partial charge in [0, 0.05) is 25.5 Å². The molecule has 1 N–H and O–H groups in total. The van der Waals surface area contributed by atoms with Crippen LogP contribution < -0.4 is 5.32 Å². The van der Waals surface area contributed by atoms with Crippen LogP contribution in [-0.4, -0.2) is 43.1 Å².